The second-order valence-electron chi connectivity index (χ2n) is 5.25. The molecule has 0 aliphatic heterocycles. The summed E-state index contributed by atoms with van der Waals surface area (Å²) in [6.07, 6.45) is 0. The van der Waals surface area contributed by atoms with E-state index in [1.54, 1.807) is 21.3 Å². The Morgan fingerprint density at radius 2 is 1.64 bits per heavy atom. The second-order valence-corrected chi connectivity index (χ2v) is 5.25. The highest BCUT2D eigenvalue weighted by Crippen LogP contribution is 2.16. The first-order valence-electron chi connectivity index (χ1n) is 8.08. The molecule has 0 radical (unpaired) electrons. The second kappa shape index (κ2) is 15.0. The number of ether oxygens (including phenoxy) is 3. The number of guanidine groups is 1. The molecule has 0 aliphatic carbocycles. The number of likely N-dealkylation sites (N-methyl/N-ethyl adjacent to an activating group) is 1. The van der Waals surface area contributed by atoms with Gasteiger partial charge in [0.15, 0.2) is 5.96 Å². The number of halogens is 1. The van der Waals surface area contributed by atoms with Crippen LogP contribution >= 0.6 is 24.0 Å². The van der Waals surface area contributed by atoms with Crippen LogP contribution in [0.3, 0.4) is 0 Å². The average molecular weight is 466 g/mol. The van der Waals surface area contributed by atoms with Gasteiger partial charge in [0.25, 0.3) is 0 Å². The molecule has 1 aromatic carbocycles. The molecule has 0 bridgehead atoms. The fraction of sp³-hybridized carbons (Fsp3) is 0.588. The van der Waals surface area contributed by atoms with Crippen molar-refractivity contribution in [1.82, 2.24) is 15.5 Å². The maximum Gasteiger partial charge on any atom is 0.191 e. The molecule has 0 saturated carbocycles. The lowest BCUT2D eigenvalue weighted by Gasteiger charge is -2.17. The Balaban J connectivity index is 0.00000576. The van der Waals surface area contributed by atoms with Gasteiger partial charge in [-0.2, -0.15) is 0 Å². The number of methoxy groups -OCH3 is 2. The summed E-state index contributed by atoms with van der Waals surface area (Å²) in [6, 6.07) is 7.54. The fourth-order valence-corrected chi connectivity index (χ4v) is 1.95. The normalized spacial score (nSPS) is 11.0. The van der Waals surface area contributed by atoms with Crippen LogP contribution in [0.25, 0.3) is 0 Å². The van der Waals surface area contributed by atoms with Gasteiger partial charge in [0, 0.05) is 33.8 Å². The summed E-state index contributed by atoms with van der Waals surface area (Å²) in [7, 11) is 7.19. The number of nitrogens with zero attached hydrogens (tertiary/aromatic N) is 2. The first-order chi connectivity index (χ1) is 11.7. The van der Waals surface area contributed by atoms with E-state index in [2.05, 4.69) is 27.6 Å². The molecule has 0 heterocycles. The summed E-state index contributed by atoms with van der Waals surface area (Å²) in [6.45, 7) is 4.63. The average Bonchev–Trinajstić information content (AvgIpc) is 2.62. The molecule has 0 unspecified atom stereocenters. The molecule has 0 aromatic heterocycles. The fourth-order valence-electron chi connectivity index (χ4n) is 1.95. The zero-order chi connectivity index (χ0) is 17.6. The number of nitrogens with one attached hydrogen (secondary N) is 2. The summed E-state index contributed by atoms with van der Waals surface area (Å²) in [5.41, 5.74) is 0. The number of hydrogen-bond acceptors (Lipinski definition) is 5. The van der Waals surface area contributed by atoms with Crippen LogP contribution in [-0.4, -0.2) is 78.6 Å². The predicted molar refractivity (Wildman–Crippen MR) is 113 cm³/mol. The van der Waals surface area contributed by atoms with Gasteiger partial charge in [0.2, 0.25) is 0 Å². The molecule has 0 aliphatic rings. The van der Waals surface area contributed by atoms with Crippen molar-refractivity contribution < 1.29 is 14.2 Å². The number of benzene rings is 1. The highest BCUT2D eigenvalue weighted by atomic mass is 127. The van der Waals surface area contributed by atoms with E-state index in [1.807, 2.05) is 24.3 Å². The van der Waals surface area contributed by atoms with E-state index in [0.717, 1.165) is 43.7 Å². The number of hydrogen-bond donors (Lipinski definition) is 2. The van der Waals surface area contributed by atoms with Gasteiger partial charge >= 0.3 is 0 Å². The highest BCUT2D eigenvalue weighted by molar-refractivity contribution is 14.0. The zero-order valence-electron chi connectivity index (χ0n) is 15.6. The summed E-state index contributed by atoms with van der Waals surface area (Å²) in [5.74, 6) is 2.41. The molecule has 0 atom stereocenters. The van der Waals surface area contributed by atoms with Gasteiger partial charge < -0.3 is 29.7 Å². The smallest absolute Gasteiger partial charge is 0.191 e. The maximum absolute atomic E-state index is 5.66. The van der Waals surface area contributed by atoms with E-state index in [-0.39, 0.29) is 24.0 Å². The van der Waals surface area contributed by atoms with Crippen molar-refractivity contribution in [3.8, 4) is 11.5 Å². The topological polar surface area (TPSA) is 67.4 Å². The molecule has 8 heteroatoms. The lowest BCUT2D eigenvalue weighted by Crippen LogP contribution is -2.42. The first kappa shape index (κ1) is 23.7. The minimum Gasteiger partial charge on any atom is -0.497 e. The van der Waals surface area contributed by atoms with E-state index in [0.29, 0.717) is 13.2 Å². The molecule has 144 valence electrons. The van der Waals surface area contributed by atoms with Crippen LogP contribution in [0.2, 0.25) is 0 Å². The number of rotatable bonds is 11. The molecule has 2 N–H and O–H groups in total. The molecule has 0 fully saturated rings. The Morgan fingerprint density at radius 1 is 1.00 bits per heavy atom. The summed E-state index contributed by atoms with van der Waals surface area (Å²) < 4.78 is 15.8. The molecule has 7 nitrogen and oxygen atoms in total. The van der Waals surface area contributed by atoms with Crippen molar-refractivity contribution in [3.63, 3.8) is 0 Å². The molecule has 1 aromatic rings. The number of aliphatic imine (C=N–C) groups is 1. The largest absolute Gasteiger partial charge is 0.497 e. The summed E-state index contributed by atoms with van der Waals surface area (Å²) in [4.78, 5) is 6.40. The summed E-state index contributed by atoms with van der Waals surface area (Å²) in [5, 5.41) is 6.50. The minimum absolute atomic E-state index is 0. The van der Waals surface area contributed by atoms with E-state index >= 15 is 0 Å². The van der Waals surface area contributed by atoms with Gasteiger partial charge in [-0.15, -0.1) is 24.0 Å². The van der Waals surface area contributed by atoms with E-state index < -0.39 is 0 Å². The minimum atomic E-state index is 0. The Bertz CT molecular complexity index is 471. The molecule has 0 amide bonds. The third kappa shape index (κ3) is 11.1. The lowest BCUT2D eigenvalue weighted by atomic mass is 10.3. The van der Waals surface area contributed by atoms with Crippen LogP contribution in [0.15, 0.2) is 29.3 Å². The molecule has 0 spiro atoms. The van der Waals surface area contributed by atoms with Gasteiger partial charge in [-0.25, -0.2) is 0 Å². The van der Waals surface area contributed by atoms with Crippen molar-refractivity contribution in [2.75, 3.05) is 67.7 Å². The van der Waals surface area contributed by atoms with Crippen molar-refractivity contribution >= 4 is 29.9 Å². The van der Waals surface area contributed by atoms with Gasteiger partial charge in [0.1, 0.15) is 18.1 Å². The third-order valence-electron chi connectivity index (χ3n) is 3.41. The SMILES string of the molecule is CN=C(NCCOc1ccc(OC)cc1)NCCN(C)CCOC.I. The zero-order valence-corrected chi connectivity index (χ0v) is 17.9. The standard InChI is InChI=1S/C17H30N4O3.HI/c1-18-17(19-9-11-21(2)12-14-22-3)20-10-13-24-16-7-5-15(23-4)6-8-16;/h5-8H,9-14H2,1-4H3,(H2,18,19,20);1H. The Morgan fingerprint density at radius 3 is 2.24 bits per heavy atom. The van der Waals surface area contributed by atoms with Crippen molar-refractivity contribution in [2.24, 2.45) is 4.99 Å². The third-order valence-corrected chi connectivity index (χ3v) is 3.41. The lowest BCUT2D eigenvalue weighted by molar-refractivity contribution is 0.162. The molecule has 25 heavy (non-hydrogen) atoms. The monoisotopic (exact) mass is 466 g/mol. The van der Waals surface area contributed by atoms with Gasteiger partial charge in [0.05, 0.1) is 20.3 Å². The van der Waals surface area contributed by atoms with Crippen molar-refractivity contribution in [2.45, 2.75) is 0 Å². The van der Waals surface area contributed by atoms with E-state index in [9.17, 15) is 0 Å². The molecule has 0 saturated heterocycles. The molecule has 1 rings (SSSR count). The van der Waals surface area contributed by atoms with Gasteiger partial charge in [-0.05, 0) is 31.3 Å². The highest BCUT2D eigenvalue weighted by Gasteiger charge is 2.00. The van der Waals surface area contributed by atoms with Crippen molar-refractivity contribution in [1.29, 1.82) is 0 Å². The van der Waals surface area contributed by atoms with E-state index in [4.69, 9.17) is 14.2 Å². The first-order valence-corrected chi connectivity index (χ1v) is 8.08. The quantitative estimate of drug-likeness (QED) is 0.223. The van der Waals surface area contributed by atoms with Crippen LogP contribution in [0, 0.1) is 0 Å². The molecular formula is C17H31IN4O3. The molecular weight excluding hydrogens is 435 g/mol. The van der Waals surface area contributed by atoms with Crippen molar-refractivity contribution in [3.05, 3.63) is 24.3 Å². The van der Waals surface area contributed by atoms with Gasteiger partial charge in [-0.3, -0.25) is 4.99 Å². The van der Waals surface area contributed by atoms with E-state index in [1.165, 1.54) is 0 Å². The Labute approximate surface area is 168 Å². The Kier molecular flexibility index (Phi) is 14.3. The van der Waals surface area contributed by atoms with Gasteiger partial charge in [-0.1, -0.05) is 0 Å². The van der Waals surface area contributed by atoms with Crippen LogP contribution in [-0.2, 0) is 4.74 Å². The maximum atomic E-state index is 5.66. The predicted octanol–water partition coefficient (Wildman–Crippen LogP) is 1.44. The van der Waals surface area contributed by atoms with Crippen LogP contribution in [0.1, 0.15) is 0 Å². The Hall–Kier alpha value is -1.26. The van der Waals surface area contributed by atoms with Crippen LogP contribution in [0.5, 0.6) is 11.5 Å². The summed E-state index contributed by atoms with van der Waals surface area (Å²) >= 11 is 0. The van der Waals surface area contributed by atoms with Crippen LogP contribution in [0.4, 0.5) is 0 Å². The van der Waals surface area contributed by atoms with Crippen LogP contribution < -0.4 is 20.1 Å².